The zero-order valence-corrected chi connectivity index (χ0v) is 11.9. The highest BCUT2D eigenvalue weighted by Crippen LogP contribution is 2.27. The van der Waals surface area contributed by atoms with Crippen molar-refractivity contribution in [3.8, 4) is 0 Å². The third-order valence-electron chi connectivity index (χ3n) is 3.30. The fourth-order valence-corrected chi connectivity index (χ4v) is 2.75. The topological polar surface area (TPSA) is 32.3 Å². The number of anilines is 1. The van der Waals surface area contributed by atoms with Crippen LogP contribution in [0.25, 0.3) is 0 Å². The van der Waals surface area contributed by atoms with Crippen LogP contribution in [-0.4, -0.2) is 23.5 Å². The maximum Gasteiger partial charge on any atom is 0.246 e. The van der Waals surface area contributed by atoms with Gasteiger partial charge in [0, 0.05) is 17.8 Å². The number of nitrogens with zero attached hydrogens (tertiary/aromatic N) is 1. The minimum Gasteiger partial charge on any atom is -0.309 e. The van der Waals surface area contributed by atoms with E-state index in [-0.39, 0.29) is 11.4 Å². The molecule has 3 heteroatoms. The Bertz CT molecular complexity index is 477. The Kier molecular flexibility index (Phi) is 2.98. The summed E-state index contributed by atoms with van der Waals surface area (Å²) in [5.41, 5.74) is 1.56. The molecule has 0 spiro atoms. The predicted octanol–water partition coefficient (Wildman–Crippen LogP) is 2.49. The van der Waals surface area contributed by atoms with Crippen LogP contribution in [0.5, 0.6) is 0 Å². The molecule has 0 radical (unpaired) electrons. The first-order valence-corrected chi connectivity index (χ1v) is 6.39. The van der Waals surface area contributed by atoms with E-state index in [1.165, 1.54) is 5.56 Å². The average molecular weight is 246 g/mol. The fourth-order valence-electron chi connectivity index (χ4n) is 2.75. The first kappa shape index (κ1) is 13.1. The maximum atomic E-state index is 12.5. The van der Waals surface area contributed by atoms with Crippen molar-refractivity contribution in [1.29, 1.82) is 0 Å². The molecule has 18 heavy (non-hydrogen) atoms. The number of benzene rings is 1. The highest BCUT2D eigenvalue weighted by molar-refractivity contribution is 6.00. The van der Waals surface area contributed by atoms with Crippen LogP contribution in [-0.2, 0) is 4.79 Å². The number of piperazine rings is 1. The molecule has 1 aliphatic heterocycles. The van der Waals surface area contributed by atoms with Crippen LogP contribution >= 0.6 is 0 Å². The third-order valence-corrected chi connectivity index (χ3v) is 3.30. The first-order valence-electron chi connectivity index (χ1n) is 6.39. The Labute approximate surface area is 109 Å². The fraction of sp³-hybridized carbons (Fsp3) is 0.533. The van der Waals surface area contributed by atoms with Gasteiger partial charge in [0.15, 0.2) is 0 Å². The SMILES string of the molecule is Cc1cccc(N2CC(C)(C)NC(C)(C)C2=O)c1. The Balaban J connectivity index is 2.40. The van der Waals surface area contributed by atoms with E-state index in [0.717, 1.165) is 5.69 Å². The van der Waals surface area contributed by atoms with Crippen molar-refractivity contribution >= 4 is 11.6 Å². The Morgan fingerprint density at radius 2 is 1.89 bits per heavy atom. The molecular weight excluding hydrogens is 224 g/mol. The van der Waals surface area contributed by atoms with Gasteiger partial charge in [0.1, 0.15) is 0 Å². The van der Waals surface area contributed by atoms with Gasteiger partial charge in [-0.2, -0.15) is 0 Å². The quantitative estimate of drug-likeness (QED) is 0.825. The summed E-state index contributed by atoms with van der Waals surface area (Å²) in [6.07, 6.45) is 0. The van der Waals surface area contributed by atoms with Crippen LogP contribution in [0.15, 0.2) is 24.3 Å². The van der Waals surface area contributed by atoms with Crippen molar-refractivity contribution in [3.63, 3.8) is 0 Å². The van der Waals surface area contributed by atoms with Gasteiger partial charge in [0.2, 0.25) is 5.91 Å². The number of carbonyl (C=O) groups is 1. The van der Waals surface area contributed by atoms with Crippen molar-refractivity contribution in [3.05, 3.63) is 29.8 Å². The molecule has 0 bridgehead atoms. The van der Waals surface area contributed by atoms with Crippen LogP contribution in [0.4, 0.5) is 5.69 Å². The number of amides is 1. The van der Waals surface area contributed by atoms with E-state index in [0.29, 0.717) is 6.54 Å². The molecular formula is C15H22N2O. The predicted molar refractivity (Wildman–Crippen MR) is 74.8 cm³/mol. The van der Waals surface area contributed by atoms with Gasteiger partial charge < -0.3 is 4.90 Å². The molecule has 3 nitrogen and oxygen atoms in total. The van der Waals surface area contributed by atoms with Crippen molar-refractivity contribution < 1.29 is 4.79 Å². The molecule has 1 aromatic rings. The lowest BCUT2D eigenvalue weighted by Crippen LogP contribution is -2.70. The van der Waals surface area contributed by atoms with Crippen LogP contribution in [0, 0.1) is 6.92 Å². The summed E-state index contributed by atoms with van der Waals surface area (Å²) < 4.78 is 0. The summed E-state index contributed by atoms with van der Waals surface area (Å²) in [4.78, 5) is 14.4. The Morgan fingerprint density at radius 1 is 1.22 bits per heavy atom. The lowest BCUT2D eigenvalue weighted by molar-refractivity contribution is -0.126. The van der Waals surface area contributed by atoms with Gasteiger partial charge in [0.25, 0.3) is 0 Å². The van der Waals surface area contributed by atoms with E-state index in [4.69, 9.17) is 0 Å². The minimum atomic E-state index is -0.522. The molecule has 1 fully saturated rings. The van der Waals surface area contributed by atoms with E-state index in [1.54, 1.807) is 0 Å². The molecule has 0 aliphatic carbocycles. The number of hydrogen-bond donors (Lipinski definition) is 1. The number of aryl methyl sites for hydroxylation is 1. The molecule has 98 valence electrons. The second kappa shape index (κ2) is 4.09. The van der Waals surface area contributed by atoms with Crippen molar-refractivity contribution in [1.82, 2.24) is 5.32 Å². The zero-order valence-electron chi connectivity index (χ0n) is 11.9. The van der Waals surface area contributed by atoms with E-state index >= 15 is 0 Å². The van der Waals surface area contributed by atoms with Gasteiger partial charge in [-0.25, -0.2) is 0 Å². The summed E-state index contributed by atoms with van der Waals surface area (Å²) in [7, 11) is 0. The van der Waals surface area contributed by atoms with Crippen LogP contribution in [0.2, 0.25) is 0 Å². The third kappa shape index (κ3) is 2.41. The van der Waals surface area contributed by atoms with Crippen LogP contribution in [0.1, 0.15) is 33.3 Å². The highest BCUT2D eigenvalue weighted by Gasteiger charge is 2.43. The second-order valence-corrected chi connectivity index (χ2v) is 6.36. The van der Waals surface area contributed by atoms with E-state index < -0.39 is 5.54 Å². The lowest BCUT2D eigenvalue weighted by atomic mass is 9.90. The van der Waals surface area contributed by atoms with Crippen molar-refractivity contribution in [2.75, 3.05) is 11.4 Å². The van der Waals surface area contributed by atoms with Gasteiger partial charge in [0.05, 0.1) is 5.54 Å². The maximum absolute atomic E-state index is 12.5. The average Bonchev–Trinajstić information content (AvgIpc) is 2.22. The molecule has 1 N–H and O–H groups in total. The van der Waals surface area contributed by atoms with Crippen molar-refractivity contribution in [2.24, 2.45) is 0 Å². The summed E-state index contributed by atoms with van der Waals surface area (Å²) in [5.74, 6) is 0.132. The molecule has 0 unspecified atom stereocenters. The summed E-state index contributed by atoms with van der Waals surface area (Å²) in [5, 5.41) is 3.40. The lowest BCUT2D eigenvalue weighted by Gasteiger charge is -2.47. The molecule has 1 aliphatic rings. The zero-order chi connectivity index (χ0) is 13.6. The second-order valence-electron chi connectivity index (χ2n) is 6.36. The molecule has 1 amide bonds. The molecule has 1 saturated heterocycles. The molecule has 1 heterocycles. The molecule has 2 rings (SSSR count). The summed E-state index contributed by atoms with van der Waals surface area (Å²) in [6, 6.07) is 8.12. The summed E-state index contributed by atoms with van der Waals surface area (Å²) >= 11 is 0. The van der Waals surface area contributed by atoms with Crippen molar-refractivity contribution in [2.45, 2.75) is 45.7 Å². The number of rotatable bonds is 1. The van der Waals surface area contributed by atoms with E-state index in [9.17, 15) is 4.79 Å². The van der Waals surface area contributed by atoms with Gasteiger partial charge >= 0.3 is 0 Å². The smallest absolute Gasteiger partial charge is 0.246 e. The van der Waals surface area contributed by atoms with Gasteiger partial charge in [-0.15, -0.1) is 0 Å². The largest absolute Gasteiger partial charge is 0.309 e. The first-order chi connectivity index (χ1) is 8.21. The molecule has 0 aromatic heterocycles. The Morgan fingerprint density at radius 3 is 2.50 bits per heavy atom. The number of hydrogen-bond acceptors (Lipinski definition) is 2. The standard InChI is InChI=1S/C15H22N2O/c1-11-7-6-8-12(9-11)17-10-14(2,3)16-15(4,5)13(17)18/h6-9,16H,10H2,1-5H3. The highest BCUT2D eigenvalue weighted by atomic mass is 16.2. The van der Waals surface area contributed by atoms with E-state index in [1.807, 2.05) is 43.9 Å². The van der Waals surface area contributed by atoms with E-state index in [2.05, 4.69) is 25.2 Å². The summed E-state index contributed by atoms with van der Waals surface area (Å²) in [6.45, 7) is 10.9. The number of nitrogens with one attached hydrogen (secondary N) is 1. The monoisotopic (exact) mass is 246 g/mol. The normalized spacial score (nSPS) is 22.1. The van der Waals surface area contributed by atoms with Gasteiger partial charge in [-0.3, -0.25) is 10.1 Å². The van der Waals surface area contributed by atoms with Gasteiger partial charge in [-0.05, 0) is 52.3 Å². The molecule has 0 saturated carbocycles. The van der Waals surface area contributed by atoms with Crippen LogP contribution in [0.3, 0.4) is 0 Å². The number of carbonyl (C=O) groups excluding carboxylic acids is 1. The van der Waals surface area contributed by atoms with Gasteiger partial charge in [-0.1, -0.05) is 12.1 Å². The molecule has 0 atom stereocenters. The Hall–Kier alpha value is -1.35. The minimum absolute atomic E-state index is 0.0822. The van der Waals surface area contributed by atoms with Crippen LogP contribution < -0.4 is 10.2 Å². The molecule has 1 aromatic carbocycles.